The number of amides is 1. The van der Waals surface area contributed by atoms with Gasteiger partial charge in [0.05, 0.1) is 0 Å². The Hall–Kier alpha value is -1.94. The fraction of sp³-hybridized carbons (Fsp3) is 0.500. The van der Waals surface area contributed by atoms with Crippen LogP contribution in [0.2, 0.25) is 0 Å². The molecule has 0 bridgehead atoms. The van der Waals surface area contributed by atoms with E-state index in [9.17, 15) is 4.79 Å². The van der Waals surface area contributed by atoms with Crippen molar-refractivity contribution in [3.63, 3.8) is 0 Å². The summed E-state index contributed by atoms with van der Waals surface area (Å²) < 4.78 is 0. The Morgan fingerprint density at radius 1 is 1.29 bits per heavy atom. The first-order valence-corrected chi connectivity index (χ1v) is 8.95. The molecule has 0 N–H and O–H groups in total. The van der Waals surface area contributed by atoms with Crippen LogP contribution in [0.25, 0.3) is 10.8 Å². The Bertz CT molecular complexity index is 689. The van der Waals surface area contributed by atoms with Crippen LogP contribution in [-0.4, -0.2) is 46.9 Å². The van der Waals surface area contributed by atoms with E-state index in [1.165, 1.54) is 36.9 Å². The Balaban J connectivity index is 1.57. The molecule has 2 heterocycles. The number of hydrogen-bond donors (Lipinski definition) is 0. The highest BCUT2D eigenvalue weighted by Gasteiger charge is 2.19. The molecule has 1 aromatic carbocycles. The van der Waals surface area contributed by atoms with Crippen molar-refractivity contribution in [1.29, 1.82) is 0 Å². The number of rotatable bonds is 6. The summed E-state index contributed by atoms with van der Waals surface area (Å²) in [5, 5.41) is 2.30. The summed E-state index contributed by atoms with van der Waals surface area (Å²) in [6.07, 6.45) is 7.86. The minimum Gasteiger partial charge on any atom is -0.341 e. The van der Waals surface area contributed by atoms with Crippen molar-refractivity contribution < 1.29 is 4.79 Å². The Kier molecular flexibility index (Phi) is 5.46. The van der Waals surface area contributed by atoms with Gasteiger partial charge >= 0.3 is 0 Å². The quantitative estimate of drug-likeness (QED) is 0.816. The largest absolute Gasteiger partial charge is 0.341 e. The molecule has 24 heavy (non-hydrogen) atoms. The topological polar surface area (TPSA) is 36.4 Å². The van der Waals surface area contributed by atoms with Gasteiger partial charge in [-0.05, 0) is 56.3 Å². The van der Waals surface area contributed by atoms with E-state index in [1.54, 1.807) is 0 Å². The van der Waals surface area contributed by atoms with Crippen molar-refractivity contribution in [3.05, 3.63) is 42.2 Å². The summed E-state index contributed by atoms with van der Waals surface area (Å²) in [7, 11) is 1.91. The summed E-state index contributed by atoms with van der Waals surface area (Å²) >= 11 is 0. The molecule has 1 atom stereocenters. The maximum absolute atomic E-state index is 12.5. The van der Waals surface area contributed by atoms with Crippen LogP contribution in [0, 0.1) is 0 Å². The predicted octanol–water partition coefficient (Wildman–Crippen LogP) is 3.46. The number of likely N-dealkylation sites (tertiary alicyclic amines) is 1. The molecule has 0 aliphatic carbocycles. The minimum atomic E-state index is 0.229. The first kappa shape index (κ1) is 16.9. The highest BCUT2D eigenvalue weighted by atomic mass is 16.2. The number of carbonyl (C=O) groups is 1. The third-order valence-corrected chi connectivity index (χ3v) is 5.14. The monoisotopic (exact) mass is 325 g/mol. The SMILES string of the molecule is C[C@H](CCC(=O)N(C)Cc1cccc2cnccc12)N1CCCC1. The lowest BCUT2D eigenvalue weighted by molar-refractivity contribution is -0.130. The molecule has 1 saturated heterocycles. The number of benzene rings is 1. The normalized spacial score (nSPS) is 16.4. The van der Waals surface area contributed by atoms with Crippen molar-refractivity contribution in [1.82, 2.24) is 14.8 Å². The number of hydrogen-bond acceptors (Lipinski definition) is 3. The summed E-state index contributed by atoms with van der Waals surface area (Å²) in [5.74, 6) is 0.229. The smallest absolute Gasteiger partial charge is 0.222 e. The summed E-state index contributed by atoms with van der Waals surface area (Å²) in [4.78, 5) is 21.0. The molecule has 1 aromatic heterocycles. The minimum absolute atomic E-state index is 0.229. The predicted molar refractivity (Wildman–Crippen MR) is 97.7 cm³/mol. The lowest BCUT2D eigenvalue weighted by atomic mass is 10.1. The standard InChI is InChI=1S/C20H27N3O/c1-16(23-12-3-4-13-23)8-9-20(24)22(2)15-18-7-5-6-17-14-21-11-10-19(17)18/h5-7,10-11,14,16H,3-4,8-9,12-13,15H2,1-2H3/t16-/m1/s1. The van der Waals surface area contributed by atoms with Crippen LogP contribution in [0.4, 0.5) is 0 Å². The first-order valence-electron chi connectivity index (χ1n) is 8.95. The van der Waals surface area contributed by atoms with Gasteiger partial charge < -0.3 is 9.80 Å². The van der Waals surface area contributed by atoms with Gasteiger partial charge in [-0.15, -0.1) is 0 Å². The third kappa shape index (κ3) is 3.93. The van der Waals surface area contributed by atoms with Crippen molar-refractivity contribution in [2.24, 2.45) is 0 Å². The van der Waals surface area contributed by atoms with Crippen LogP contribution in [0.3, 0.4) is 0 Å². The van der Waals surface area contributed by atoms with Gasteiger partial charge in [0.1, 0.15) is 0 Å². The zero-order valence-corrected chi connectivity index (χ0v) is 14.7. The molecule has 128 valence electrons. The Labute approximate surface area is 144 Å². The summed E-state index contributed by atoms with van der Waals surface area (Å²) in [5.41, 5.74) is 1.18. The van der Waals surface area contributed by atoms with Gasteiger partial charge in [-0.2, -0.15) is 0 Å². The molecule has 2 aromatic rings. The van der Waals surface area contributed by atoms with Gasteiger partial charge in [-0.3, -0.25) is 9.78 Å². The lowest BCUT2D eigenvalue weighted by Crippen LogP contribution is -2.32. The molecule has 1 aliphatic rings. The first-order chi connectivity index (χ1) is 11.6. The van der Waals surface area contributed by atoms with E-state index in [4.69, 9.17) is 0 Å². The molecular weight excluding hydrogens is 298 g/mol. The molecule has 1 fully saturated rings. The number of nitrogens with zero attached hydrogens (tertiary/aromatic N) is 3. The second-order valence-corrected chi connectivity index (χ2v) is 6.89. The van der Waals surface area contributed by atoms with Gasteiger partial charge in [0.15, 0.2) is 0 Å². The lowest BCUT2D eigenvalue weighted by Gasteiger charge is -2.25. The molecule has 0 unspecified atom stereocenters. The summed E-state index contributed by atoms with van der Waals surface area (Å²) in [6, 6.07) is 8.73. The molecule has 1 aliphatic heterocycles. The fourth-order valence-electron chi connectivity index (χ4n) is 3.56. The van der Waals surface area contributed by atoms with Gasteiger partial charge in [0.2, 0.25) is 5.91 Å². The number of aromatic nitrogens is 1. The van der Waals surface area contributed by atoms with Crippen molar-refractivity contribution in [2.75, 3.05) is 20.1 Å². The Morgan fingerprint density at radius 3 is 2.88 bits per heavy atom. The highest BCUT2D eigenvalue weighted by molar-refractivity contribution is 5.85. The molecule has 1 amide bonds. The second-order valence-electron chi connectivity index (χ2n) is 6.89. The average molecular weight is 325 g/mol. The van der Waals surface area contributed by atoms with Gasteiger partial charge in [-0.1, -0.05) is 18.2 Å². The highest BCUT2D eigenvalue weighted by Crippen LogP contribution is 2.20. The van der Waals surface area contributed by atoms with Crippen LogP contribution < -0.4 is 0 Å². The van der Waals surface area contributed by atoms with E-state index in [0.717, 1.165) is 11.8 Å². The maximum Gasteiger partial charge on any atom is 0.222 e. The van der Waals surface area contributed by atoms with Crippen molar-refractivity contribution in [2.45, 2.75) is 45.2 Å². The second kappa shape index (κ2) is 7.75. The molecule has 3 rings (SSSR count). The van der Waals surface area contributed by atoms with Crippen molar-refractivity contribution in [3.8, 4) is 0 Å². The molecule has 4 nitrogen and oxygen atoms in total. The van der Waals surface area contributed by atoms with E-state index >= 15 is 0 Å². The Morgan fingerprint density at radius 2 is 2.08 bits per heavy atom. The molecule has 0 saturated carbocycles. The van der Waals surface area contributed by atoms with Crippen LogP contribution in [0.1, 0.15) is 38.2 Å². The van der Waals surface area contributed by atoms with Crippen LogP contribution in [-0.2, 0) is 11.3 Å². The third-order valence-electron chi connectivity index (χ3n) is 5.14. The van der Waals surface area contributed by atoms with E-state index in [2.05, 4.69) is 28.9 Å². The zero-order valence-electron chi connectivity index (χ0n) is 14.7. The van der Waals surface area contributed by atoms with Crippen LogP contribution in [0.15, 0.2) is 36.7 Å². The van der Waals surface area contributed by atoms with E-state index < -0.39 is 0 Å². The van der Waals surface area contributed by atoms with E-state index in [0.29, 0.717) is 19.0 Å². The average Bonchev–Trinajstić information content (AvgIpc) is 3.14. The zero-order chi connectivity index (χ0) is 16.9. The van der Waals surface area contributed by atoms with E-state index in [-0.39, 0.29) is 5.91 Å². The van der Waals surface area contributed by atoms with Crippen LogP contribution in [0.5, 0.6) is 0 Å². The summed E-state index contributed by atoms with van der Waals surface area (Å²) in [6.45, 7) is 5.28. The number of fused-ring (bicyclic) bond motifs is 1. The number of carbonyl (C=O) groups excluding carboxylic acids is 1. The number of pyridine rings is 1. The fourth-order valence-corrected chi connectivity index (χ4v) is 3.56. The molecule has 0 spiro atoms. The van der Waals surface area contributed by atoms with Gasteiger partial charge in [0.25, 0.3) is 0 Å². The molecular formula is C20H27N3O. The van der Waals surface area contributed by atoms with Gasteiger partial charge in [0, 0.05) is 43.8 Å². The van der Waals surface area contributed by atoms with Gasteiger partial charge in [-0.25, -0.2) is 0 Å². The molecule has 4 heteroatoms. The van der Waals surface area contributed by atoms with Crippen molar-refractivity contribution >= 4 is 16.7 Å². The van der Waals surface area contributed by atoms with E-state index in [1.807, 2.05) is 36.5 Å². The molecule has 0 radical (unpaired) electrons. The maximum atomic E-state index is 12.5. The van der Waals surface area contributed by atoms with Crippen LogP contribution >= 0.6 is 0 Å².